The number of hydrazone groups is 1. The molecule has 1 saturated heterocycles. The molecule has 0 bridgehead atoms. The maximum absolute atomic E-state index is 13.0. The fourth-order valence-corrected chi connectivity index (χ4v) is 3.76. The second-order valence-corrected chi connectivity index (χ2v) is 6.97. The second kappa shape index (κ2) is 7.34. The van der Waals surface area contributed by atoms with Gasteiger partial charge in [0.1, 0.15) is 5.76 Å². The lowest BCUT2D eigenvalue weighted by atomic mass is 9.94. The average Bonchev–Trinajstić information content (AvgIpc) is 3.37. The number of nitrogens with zero attached hydrogens (tertiary/aromatic N) is 4. The average molecular weight is 366 g/mol. The number of amides is 2. The summed E-state index contributed by atoms with van der Waals surface area (Å²) >= 11 is 0. The number of piperidine rings is 1. The zero-order valence-corrected chi connectivity index (χ0v) is 15.2. The van der Waals surface area contributed by atoms with Crippen molar-refractivity contribution < 1.29 is 14.0 Å². The number of oxazole rings is 1. The molecule has 2 aliphatic heterocycles. The summed E-state index contributed by atoms with van der Waals surface area (Å²) in [6.07, 6.45) is 5.10. The molecule has 0 spiro atoms. The van der Waals surface area contributed by atoms with E-state index >= 15 is 0 Å². The number of rotatable bonds is 3. The van der Waals surface area contributed by atoms with E-state index in [4.69, 9.17) is 4.42 Å². The topological polar surface area (TPSA) is 79.0 Å². The van der Waals surface area contributed by atoms with E-state index in [0.717, 1.165) is 12.0 Å². The van der Waals surface area contributed by atoms with Gasteiger partial charge >= 0.3 is 0 Å². The molecule has 7 nitrogen and oxygen atoms in total. The van der Waals surface area contributed by atoms with Crippen LogP contribution in [0.15, 0.2) is 46.2 Å². The number of benzene rings is 1. The molecule has 0 saturated carbocycles. The SMILES string of the molecule is Cc1ocnc1C(=O)N1CCC(C(=O)N2N=CCC2c2ccccc2)CC1. The summed E-state index contributed by atoms with van der Waals surface area (Å²) in [5, 5.41) is 5.96. The largest absolute Gasteiger partial charge is 0.448 e. The molecule has 1 aromatic carbocycles. The highest BCUT2D eigenvalue weighted by Crippen LogP contribution is 2.31. The molecular formula is C20H22N4O3. The van der Waals surface area contributed by atoms with Crippen LogP contribution < -0.4 is 0 Å². The molecule has 2 aromatic rings. The van der Waals surface area contributed by atoms with Crippen molar-refractivity contribution in [2.75, 3.05) is 13.1 Å². The van der Waals surface area contributed by atoms with Gasteiger partial charge in [0.2, 0.25) is 5.91 Å². The molecule has 2 aliphatic rings. The molecule has 27 heavy (non-hydrogen) atoms. The Morgan fingerprint density at radius 3 is 2.56 bits per heavy atom. The predicted octanol–water partition coefficient (Wildman–Crippen LogP) is 2.79. The van der Waals surface area contributed by atoms with E-state index in [1.807, 2.05) is 36.5 Å². The highest BCUT2D eigenvalue weighted by atomic mass is 16.3. The molecule has 1 atom stereocenters. The first kappa shape index (κ1) is 17.5. The third kappa shape index (κ3) is 3.37. The van der Waals surface area contributed by atoms with Crippen molar-refractivity contribution in [1.29, 1.82) is 0 Å². The number of carbonyl (C=O) groups excluding carboxylic acids is 2. The van der Waals surface area contributed by atoms with E-state index < -0.39 is 0 Å². The molecule has 7 heteroatoms. The fourth-order valence-electron chi connectivity index (χ4n) is 3.76. The summed E-state index contributed by atoms with van der Waals surface area (Å²) < 4.78 is 5.12. The van der Waals surface area contributed by atoms with Crippen LogP contribution in [0, 0.1) is 12.8 Å². The summed E-state index contributed by atoms with van der Waals surface area (Å²) in [5.41, 5.74) is 1.45. The quantitative estimate of drug-likeness (QED) is 0.837. The smallest absolute Gasteiger partial charge is 0.276 e. The van der Waals surface area contributed by atoms with Crippen LogP contribution in [0.25, 0.3) is 0 Å². The molecule has 0 N–H and O–H groups in total. The van der Waals surface area contributed by atoms with Gasteiger partial charge in [0.05, 0.1) is 6.04 Å². The lowest BCUT2D eigenvalue weighted by Gasteiger charge is -2.33. The van der Waals surface area contributed by atoms with Crippen molar-refractivity contribution in [3.05, 3.63) is 53.7 Å². The third-order valence-corrected chi connectivity index (χ3v) is 5.32. The van der Waals surface area contributed by atoms with Gasteiger partial charge in [-0.3, -0.25) is 9.59 Å². The number of aryl methyl sites for hydroxylation is 1. The molecule has 1 aromatic heterocycles. The molecule has 0 aliphatic carbocycles. The highest BCUT2D eigenvalue weighted by molar-refractivity contribution is 5.93. The highest BCUT2D eigenvalue weighted by Gasteiger charge is 2.36. The van der Waals surface area contributed by atoms with Crippen LogP contribution in [-0.4, -0.2) is 46.0 Å². The zero-order chi connectivity index (χ0) is 18.8. The minimum atomic E-state index is -0.131. The monoisotopic (exact) mass is 366 g/mol. The molecule has 1 fully saturated rings. The normalized spacial score (nSPS) is 20.3. The van der Waals surface area contributed by atoms with Crippen molar-refractivity contribution in [2.24, 2.45) is 11.0 Å². The van der Waals surface area contributed by atoms with Gasteiger partial charge in [-0.2, -0.15) is 5.10 Å². The van der Waals surface area contributed by atoms with Gasteiger partial charge in [0.25, 0.3) is 5.91 Å². The maximum Gasteiger partial charge on any atom is 0.276 e. The van der Waals surface area contributed by atoms with Gasteiger partial charge in [-0.25, -0.2) is 9.99 Å². The van der Waals surface area contributed by atoms with Crippen molar-refractivity contribution in [3.63, 3.8) is 0 Å². The molecule has 140 valence electrons. The summed E-state index contributed by atoms with van der Waals surface area (Å²) in [7, 11) is 0. The van der Waals surface area contributed by atoms with Crippen molar-refractivity contribution in [1.82, 2.24) is 14.9 Å². The summed E-state index contributed by atoms with van der Waals surface area (Å²) in [4.78, 5) is 31.3. The summed E-state index contributed by atoms with van der Waals surface area (Å²) in [6.45, 7) is 2.80. The lowest BCUT2D eigenvalue weighted by molar-refractivity contribution is -0.138. The first-order valence-corrected chi connectivity index (χ1v) is 9.25. The fraction of sp³-hybridized carbons (Fsp3) is 0.400. The van der Waals surface area contributed by atoms with Crippen LogP contribution in [0.3, 0.4) is 0 Å². The first-order chi connectivity index (χ1) is 13.1. The zero-order valence-electron chi connectivity index (χ0n) is 15.2. The molecule has 3 heterocycles. The van der Waals surface area contributed by atoms with E-state index in [1.54, 1.807) is 16.8 Å². The van der Waals surface area contributed by atoms with E-state index in [9.17, 15) is 9.59 Å². The molecule has 2 amide bonds. The molecule has 1 unspecified atom stereocenters. The van der Waals surface area contributed by atoms with Gasteiger partial charge in [0.15, 0.2) is 12.1 Å². The Balaban J connectivity index is 1.39. The minimum absolute atomic E-state index is 0.0314. The van der Waals surface area contributed by atoms with Crippen LogP contribution in [0.1, 0.15) is 47.1 Å². The number of hydrogen-bond donors (Lipinski definition) is 0. The minimum Gasteiger partial charge on any atom is -0.448 e. The van der Waals surface area contributed by atoms with E-state index in [1.165, 1.54) is 6.39 Å². The van der Waals surface area contributed by atoms with E-state index in [2.05, 4.69) is 10.1 Å². The van der Waals surface area contributed by atoms with Gasteiger partial charge in [-0.05, 0) is 25.3 Å². The number of hydrogen-bond acceptors (Lipinski definition) is 5. The van der Waals surface area contributed by atoms with Crippen molar-refractivity contribution in [3.8, 4) is 0 Å². The number of carbonyl (C=O) groups is 2. The Bertz CT molecular complexity index is 853. The first-order valence-electron chi connectivity index (χ1n) is 9.25. The van der Waals surface area contributed by atoms with Gasteiger partial charge < -0.3 is 9.32 Å². The molecule has 0 radical (unpaired) electrons. The van der Waals surface area contributed by atoms with E-state index in [0.29, 0.717) is 37.4 Å². The third-order valence-electron chi connectivity index (χ3n) is 5.32. The lowest BCUT2D eigenvalue weighted by Crippen LogP contribution is -2.43. The van der Waals surface area contributed by atoms with Crippen LogP contribution >= 0.6 is 0 Å². The van der Waals surface area contributed by atoms with Gasteiger partial charge in [0, 0.05) is 31.6 Å². The van der Waals surface area contributed by atoms with Crippen LogP contribution in [0.2, 0.25) is 0 Å². The van der Waals surface area contributed by atoms with Gasteiger partial charge in [-0.15, -0.1) is 0 Å². The van der Waals surface area contributed by atoms with Crippen LogP contribution in [0.4, 0.5) is 0 Å². The Kier molecular flexibility index (Phi) is 4.75. The van der Waals surface area contributed by atoms with Crippen LogP contribution in [0.5, 0.6) is 0 Å². The maximum atomic E-state index is 13.0. The Morgan fingerprint density at radius 2 is 1.89 bits per heavy atom. The summed E-state index contributed by atoms with van der Waals surface area (Å²) in [5.74, 6) is 0.319. The van der Waals surface area contributed by atoms with Crippen LogP contribution in [-0.2, 0) is 4.79 Å². The molecule has 4 rings (SSSR count). The Morgan fingerprint density at radius 1 is 1.15 bits per heavy atom. The second-order valence-electron chi connectivity index (χ2n) is 6.97. The Labute approximate surface area is 157 Å². The Hall–Kier alpha value is -2.96. The van der Waals surface area contributed by atoms with E-state index in [-0.39, 0.29) is 23.8 Å². The summed E-state index contributed by atoms with van der Waals surface area (Å²) in [6, 6.07) is 9.95. The standard InChI is InChI=1S/C20H22N4O3/c1-14-18(21-13-27-14)20(26)23-11-8-16(9-12-23)19(25)24-17(7-10-22-24)15-5-3-2-4-6-15/h2-6,10,13,16-17H,7-9,11-12H2,1H3. The van der Waals surface area contributed by atoms with Crippen molar-refractivity contribution >= 4 is 18.0 Å². The van der Waals surface area contributed by atoms with Gasteiger partial charge in [-0.1, -0.05) is 30.3 Å². The van der Waals surface area contributed by atoms with Crippen molar-refractivity contribution in [2.45, 2.75) is 32.2 Å². The number of likely N-dealkylation sites (tertiary alicyclic amines) is 1. The predicted molar refractivity (Wildman–Crippen MR) is 99.0 cm³/mol. The molecular weight excluding hydrogens is 344 g/mol. The number of aromatic nitrogens is 1.